The molecule has 7 heteroatoms. The number of ether oxygens (including phenoxy) is 1. The number of hydrogen-bond acceptors (Lipinski definition) is 4. The molecule has 1 saturated heterocycles. The van der Waals surface area contributed by atoms with Crippen LogP contribution in [-0.2, 0) is 21.8 Å². The Bertz CT molecular complexity index is 535. The predicted molar refractivity (Wildman–Crippen MR) is 65.4 cm³/mol. The predicted octanol–water partition coefficient (Wildman–Crippen LogP) is 0.332. The summed E-state index contributed by atoms with van der Waals surface area (Å²) < 4.78 is 34.0. The van der Waals surface area contributed by atoms with Crippen LogP contribution in [0.4, 0.5) is 0 Å². The molecule has 0 aromatic carbocycles. The fourth-order valence-electron chi connectivity index (χ4n) is 2.31. The van der Waals surface area contributed by atoms with E-state index >= 15 is 0 Å². The molecule has 0 amide bonds. The Morgan fingerprint density at radius 2 is 2.22 bits per heavy atom. The molecule has 2 heterocycles. The third kappa shape index (κ3) is 2.30. The molecule has 1 aliphatic heterocycles. The maximum Gasteiger partial charge on any atom is 0.214 e. The van der Waals surface area contributed by atoms with Crippen LogP contribution in [0, 0.1) is 0 Å². The average Bonchev–Trinajstić information content (AvgIpc) is 2.96. The van der Waals surface area contributed by atoms with Gasteiger partial charge in [-0.2, -0.15) is 5.10 Å². The summed E-state index contributed by atoms with van der Waals surface area (Å²) in [7, 11) is -1.33. The molecule has 1 aliphatic carbocycles. The van der Waals surface area contributed by atoms with E-state index < -0.39 is 10.0 Å². The minimum Gasteiger partial charge on any atom is -0.372 e. The van der Waals surface area contributed by atoms with E-state index in [0.29, 0.717) is 13.0 Å². The van der Waals surface area contributed by atoms with Crippen LogP contribution in [-0.4, -0.2) is 36.1 Å². The van der Waals surface area contributed by atoms with Crippen molar-refractivity contribution in [2.24, 2.45) is 7.05 Å². The number of aryl methyl sites for hydroxylation is 1. The van der Waals surface area contributed by atoms with E-state index in [2.05, 4.69) is 9.82 Å². The van der Waals surface area contributed by atoms with Crippen molar-refractivity contribution in [2.75, 3.05) is 6.61 Å². The highest BCUT2D eigenvalue weighted by Crippen LogP contribution is 2.32. The maximum absolute atomic E-state index is 11.9. The maximum atomic E-state index is 11.9. The van der Waals surface area contributed by atoms with Crippen LogP contribution in [0.2, 0.25) is 0 Å². The number of nitrogens with zero attached hydrogens (tertiary/aromatic N) is 2. The van der Waals surface area contributed by atoms with Crippen molar-refractivity contribution in [3.63, 3.8) is 0 Å². The monoisotopic (exact) mass is 271 g/mol. The zero-order valence-electron chi connectivity index (χ0n) is 10.2. The van der Waals surface area contributed by atoms with Crippen LogP contribution < -0.4 is 4.72 Å². The minimum absolute atomic E-state index is 0.167. The van der Waals surface area contributed by atoms with Gasteiger partial charge in [-0.05, 0) is 19.3 Å². The van der Waals surface area contributed by atoms with Crippen LogP contribution in [0.3, 0.4) is 0 Å². The summed E-state index contributed by atoms with van der Waals surface area (Å²) in [5.41, 5.74) is 0.929. The molecule has 1 aromatic rings. The SMILES string of the molecule is Cn1cc([C@@H]2OCC[C@H]2NS(=O)(=O)C2CC2)cn1. The van der Waals surface area contributed by atoms with Gasteiger partial charge in [-0.1, -0.05) is 0 Å². The molecule has 0 spiro atoms. The van der Waals surface area contributed by atoms with E-state index in [9.17, 15) is 8.42 Å². The quantitative estimate of drug-likeness (QED) is 0.856. The smallest absolute Gasteiger partial charge is 0.214 e. The van der Waals surface area contributed by atoms with E-state index in [1.54, 1.807) is 10.9 Å². The molecular weight excluding hydrogens is 254 g/mol. The Morgan fingerprint density at radius 1 is 1.44 bits per heavy atom. The second kappa shape index (κ2) is 4.32. The summed E-state index contributed by atoms with van der Waals surface area (Å²) in [6, 6.07) is -0.167. The first-order valence-electron chi connectivity index (χ1n) is 6.17. The molecule has 6 nitrogen and oxygen atoms in total. The van der Waals surface area contributed by atoms with Crippen molar-refractivity contribution in [3.05, 3.63) is 18.0 Å². The molecule has 0 bridgehead atoms. The van der Waals surface area contributed by atoms with Crippen LogP contribution in [0.15, 0.2) is 12.4 Å². The van der Waals surface area contributed by atoms with Gasteiger partial charge in [-0.25, -0.2) is 13.1 Å². The summed E-state index contributed by atoms with van der Waals surface area (Å²) in [5, 5.41) is 3.91. The molecule has 1 saturated carbocycles. The molecule has 2 fully saturated rings. The van der Waals surface area contributed by atoms with E-state index in [0.717, 1.165) is 18.4 Å². The Hall–Kier alpha value is -0.920. The lowest BCUT2D eigenvalue weighted by Gasteiger charge is -2.18. The molecule has 3 rings (SSSR count). The lowest BCUT2D eigenvalue weighted by Crippen LogP contribution is -2.38. The highest BCUT2D eigenvalue weighted by molar-refractivity contribution is 7.90. The van der Waals surface area contributed by atoms with Crippen molar-refractivity contribution in [1.29, 1.82) is 0 Å². The lowest BCUT2D eigenvalue weighted by atomic mass is 10.1. The minimum atomic E-state index is -3.16. The largest absolute Gasteiger partial charge is 0.372 e. The van der Waals surface area contributed by atoms with E-state index in [-0.39, 0.29) is 17.4 Å². The molecule has 0 radical (unpaired) electrons. The van der Waals surface area contributed by atoms with Gasteiger partial charge in [0, 0.05) is 25.4 Å². The molecule has 0 unspecified atom stereocenters. The Morgan fingerprint density at radius 3 is 2.83 bits per heavy atom. The number of aromatic nitrogens is 2. The van der Waals surface area contributed by atoms with Crippen molar-refractivity contribution < 1.29 is 13.2 Å². The molecule has 18 heavy (non-hydrogen) atoms. The van der Waals surface area contributed by atoms with Gasteiger partial charge in [0.25, 0.3) is 0 Å². The normalized spacial score (nSPS) is 28.7. The van der Waals surface area contributed by atoms with Gasteiger partial charge >= 0.3 is 0 Å². The highest BCUT2D eigenvalue weighted by Gasteiger charge is 2.40. The number of nitrogens with one attached hydrogen (secondary N) is 1. The van der Waals surface area contributed by atoms with Gasteiger partial charge in [0.2, 0.25) is 10.0 Å². The van der Waals surface area contributed by atoms with Crippen LogP contribution in [0.25, 0.3) is 0 Å². The number of hydrogen-bond donors (Lipinski definition) is 1. The van der Waals surface area contributed by atoms with Crippen molar-refractivity contribution in [1.82, 2.24) is 14.5 Å². The summed E-state index contributed by atoms with van der Waals surface area (Å²) >= 11 is 0. The molecule has 1 N–H and O–H groups in total. The Kier molecular flexibility index (Phi) is 2.91. The second-order valence-corrected chi connectivity index (χ2v) is 6.99. The second-order valence-electron chi connectivity index (χ2n) is 5.00. The summed E-state index contributed by atoms with van der Waals surface area (Å²) in [6.07, 6.45) is 5.65. The first-order valence-corrected chi connectivity index (χ1v) is 7.72. The van der Waals surface area contributed by atoms with E-state index in [1.807, 2.05) is 13.2 Å². The average molecular weight is 271 g/mol. The van der Waals surface area contributed by atoms with Gasteiger partial charge in [0.15, 0.2) is 0 Å². The third-order valence-corrected chi connectivity index (χ3v) is 5.40. The van der Waals surface area contributed by atoms with Crippen LogP contribution >= 0.6 is 0 Å². The Balaban J connectivity index is 1.75. The fourth-order valence-corrected chi connectivity index (χ4v) is 3.92. The first-order chi connectivity index (χ1) is 8.56. The molecule has 2 aliphatic rings. The van der Waals surface area contributed by atoms with Gasteiger partial charge in [0.1, 0.15) is 6.10 Å². The van der Waals surface area contributed by atoms with Crippen molar-refractivity contribution >= 4 is 10.0 Å². The zero-order chi connectivity index (χ0) is 12.8. The summed E-state index contributed by atoms with van der Waals surface area (Å²) in [5.74, 6) is 0. The fraction of sp³-hybridized carbons (Fsp3) is 0.727. The standard InChI is InChI=1S/C11H17N3O3S/c1-14-7-8(6-12-14)11-10(4-5-17-11)13-18(15,16)9-2-3-9/h6-7,9-11,13H,2-5H2,1H3/t10-,11+/m1/s1. The molecular formula is C11H17N3O3S. The summed E-state index contributed by atoms with van der Waals surface area (Å²) in [6.45, 7) is 0.581. The van der Waals surface area contributed by atoms with Gasteiger partial charge in [-0.3, -0.25) is 4.68 Å². The Labute approximate surface area is 106 Å². The van der Waals surface area contributed by atoms with Crippen molar-refractivity contribution in [2.45, 2.75) is 36.7 Å². The number of sulfonamides is 1. The first kappa shape index (κ1) is 12.1. The van der Waals surface area contributed by atoms with Crippen LogP contribution in [0.1, 0.15) is 30.9 Å². The van der Waals surface area contributed by atoms with Gasteiger partial charge in [-0.15, -0.1) is 0 Å². The van der Waals surface area contributed by atoms with Crippen molar-refractivity contribution in [3.8, 4) is 0 Å². The summed E-state index contributed by atoms with van der Waals surface area (Å²) in [4.78, 5) is 0. The van der Waals surface area contributed by atoms with Gasteiger partial charge in [0.05, 0.1) is 17.5 Å². The van der Waals surface area contributed by atoms with E-state index in [1.165, 1.54) is 0 Å². The van der Waals surface area contributed by atoms with Crippen LogP contribution in [0.5, 0.6) is 0 Å². The van der Waals surface area contributed by atoms with Gasteiger partial charge < -0.3 is 4.74 Å². The topological polar surface area (TPSA) is 73.2 Å². The molecule has 1 aromatic heterocycles. The third-order valence-electron chi connectivity index (χ3n) is 3.42. The zero-order valence-corrected chi connectivity index (χ0v) is 11.1. The van der Waals surface area contributed by atoms with E-state index in [4.69, 9.17) is 4.74 Å². The highest BCUT2D eigenvalue weighted by atomic mass is 32.2. The number of rotatable bonds is 4. The molecule has 100 valence electrons. The molecule has 2 atom stereocenters. The lowest BCUT2D eigenvalue weighted by molar-refractivity contribution is 0.102.